The number of hydrogen-bond donors (Lipinski definition) is 1. The first-order valence-corrected chi connectivity index (χ1v) is 5.65. The maximum Gasteiger partial charge on any atom is 0.349 e. The molecule has 6 nitrogen and oxygen atoms in total. The molecular weight excluding hydrogens is 472 g/mol. The van der Waals surface area contributed by atoms with Crippen molar-refractivity contribution < 1.29 is 45.8 Å². The molecule has 0 radical (unpaired) electrons. The van der Waals surface area contributed by atoms with Crippen LogP contribution in [-0.2, 0) is 9.59 Å². The van der Waals surface area contributed by atoms with E-state index in [2.05, 4.69) is 9.98 Å². The molecule has 1 aliphatic heterocycles. The molecule has 0 amide bonds. The van der Waals surface area contributed by atoms with Crippen molar-refractivity contribution in [3.8, 4) is 0 Å². The number of hydrogen-bond acceptors (Lipinski definition) is 5. The fraction of sp³-hybridized carbons (Fsp3) is 0.417. The number of likely N-dealkylation sites (N-methyl/N-ethyl adjacent to an activating group) is 1. The largest absolute Gasteiger partial charge is 0.519 e. The van der Waals surface area contributed by atoms with Gasteiger partial charge in [0.2, 0.25) is 0 Å². The van der Waals surface area contributed by atoms with Crippen LogP contribution in [0.4, 0.5) is 0 Å². The summed E-state index contributed by atoms with van der Waals surface area (Å²) in [5.41, 5.74) is 0.150. The fourth-order valence-corrected chi connectivity index (χ4v) is 1.45. The molecule has 0 aromatic heterocycles. The Morgan fingerprint density at radius 2 is 2.32 bits per heavy atom. The molecule has 0 spiro atoms. The molecule has 1 heterocycles. The second kappa shape index (κ2) is 9.93. The maximum absolute atomic E-state index is 11.1. The summed E-state index contributed by atoms with van der Waals surface area (Å²) >= 11 is 0. The molecular formula is C12H16N3O3U-. The van der Waals surface area contributed by atoms with Gasteiger partial charge in [-0.1, -0.05) is 6.42 Å². The Morgan fingerprint density at radius 1 is 1.58 bits per heavy atom. The van der Waals surface area contributed by atoms with Gasteiger partial charge in [0.15, 0.2) is 0 Å². The van der Waals surface area contributed by atoms with Gasteiger partial charge < -0.3 is 14.8 Å². The maximum atomic E-state index is 11.1. The molecule has 0 fully saturated rings. The van der Waals surface area contributed by atoms with Gasteiger partial charge in [-0.15, -0.1) is 0 Å². The molecule has 0 aliphatic carbocycles. The third kappa shape index (κ3) is 6.69. The predicted molar refractivity (Wildman–Crippen MR) is 68.5 cm³/mol. The van der Waals surface area contributed by atoms with Gasteiger partial charge in [-0.25, -0.2) is 16.3 Å². The average Bonchev–Trinajstić information content (AvgIpc) is 2.84. The van der Waals surface area contributed by atoms with Crippen molar-refractivity contribution in [1.29, 1.82) is 0 Å². The number of carbonyl (C=O) groups is 2. The Balaban J connectivity index is 0.00000324. The van der Waals surface area contributed by atoms with E-state index >= 15 is 0 Å². The van der Waals surface area contributed by atoms with E-state index in [0.29, 0.717) is 19.3 Å². The third-order valence-electron chi connectivity index (χ3n) is 2.40. The van der Waals surface area contributed by atoms with Crippen LogP contribution < -0.4 is 0 Å². The number of carboxylic acids is 1. The summed E-state index contributed by atoms with van der Waals surface area (Å²) in [6.07, 6.45) is 7.20. The second-order valence-electron chi connectivity index (χ2n) is 3.80. The first-order chi connectivity index (χ1) is 8.65. The minimum absolute atomic E-state index is 0. The van der Waals surface area contributed by atoms with E-state index in [1.165, 1.54) is 17.3 Å². The van der Waals surface area contributed by atoms with E-state index < -0.39 is 5.97 Å². The Bertz CT molecular complexity index is 382. The van der Waals surface area contributed by atoms with Crippen molar-refractivity contribution in [3.63, 3.8) is 0 Å². The van der Waals surface area contributed by atoms with Crippen LogP contribution in [0, 0.1) is 37.7 Å². The van der Waals surface area contributed by atoms with E-state index in [4.69, 9.17) is 5.11 Å². The van der Waals surface area contributed by atoms with Crippen LogP contribution in [0.2, 0.25) is 0 Å². The van der Waals surface area contributed by atoms with Crippen LogP contribution in [0.25, 0.3) is 0 Å². The van der Waals surface area contributed by atoms with E-state index in [0.717, 1.165) is 6.29 Å². The normalized spacial score (nSPS) is 17.1. The molecule has 1 atom stereocenters. The van der Waals surface area contributed by atoms with Gasteiger partial charge in [-0.2, -0.15) is 6.42 Å². The molecule has 0 saturated heterocycles. The molecule has 1 N–H and O–H groups in total. The van der Waals surface area contributed by atoms with Gasteiger partial charge >= 0.3 is 5.97 Å². The third-order valence-corrected chi connectivity index (χ3v) is 2.40. The molecule has 1 unspecified atom stereocenters. The average molecular weight is 488 g/mol. The van der Waals surface area contributed by atoms with Crippen molar-refractivity contribution in [2.45, 2.75) is 25.3 Å². The first-order valence-electron chi connectivity index (χ1n) is 5.65. The van der Waals surface area contributed by atoms with Crippen LogP contribution in [0.3, 0.4) is 0 Å². The smallest absolute Gasteiger partial charge is 0.349 e. The summed E-state index contributed by atoms with van der Waals surface area (Å²) in [6, 6.07) is -0.318. The van der Waals surface area contributed by atoms with Gasteiger partial charge in [-0.3, -0.25) is 4.99 Å². The van der Waals surface area contributed by atoms with E-state index in [9.17, 15) is 9.59 Å². The van der Waals surface area contributed by atoms with Crippen molar-refractivity contribution in [2.24, 2.45) is 9.98 Å². The van der Waals surface area contributed by atoms with Gasteiger partial charge in [-0.05, 0) is 13.1 Å². The zero-order valence-corrected chi connectivity index (χ0v) is 14.9. The Labute approximate surface area is 136 Å². The second-order valence-corrected chi connectivity index (χ2v) is 3.80. The number of aliphatic imine (C=N–C) groups is 2. The van der Waals surface area contributed by atoms with E-state index in [-0.39, 0.29) is 42.9 Å². The Morgan fingerprint density at radius 3 is 2.84 bits per heavy atom. The summed E-state index contributed by atoms with van der Waals surface area (Å²) in [6.45, 7) is 1.75. The molecule has 1 rings (SSSR count). The summed E-state index contributed by atoms with van der Waals surface area (Å²) in [5, 5.41) is 9.12. The number of carbonyl (C=O) groups excluding carboxylic acids is 1. The van der Waals surface area contributed by atoms with E-state index in [1.807, 2.05) is 0 Å². The van der Waals surface area contributed by atoms with Crippen LogP contribution in [-0.4, -0.2) is 47.9 Å². The SMILES string of the molecule is CN([CH-]CCCC=O)/C(=C/C1C=NC=N1)C(=O)O.[U]. The summed E-state index contributed by atoms with van der Waals surface area (Å²) in [5.74, 6) is -1.01. The molecule has 19 heavy (non-hydrogen) atoms. The topological polar surface area (TPSA) is 82.3 Å². The van der Waals surface area contributed by atoms with Crippen LogP contribution in [0.5, 0.6) is 0 Å². The minimum atomic E-state index is -1.01. The fourth-order valence-electron chi connectivity index (χ4n) is 1.45. The summed E-state index contributed by atoms with van der Waals surface area (Å²) < 4.78 is 0. The van der Waals surface area contributed by atoms with Crippen LogP contribution in [0.15, 0.2) is 21.8 Å². The van der Waals surface area contributed by atoms with Crippen molar-refractivity contribution >= 4 is 24.8 Å². The minimum Gasteiger partial charge on any atom is -0.519 e. The number of aldehydes is 1. The zero-order chi connectivity index (χ0) is 13.4. The van der Waals surface area contributed by atoms with Gasteiger partial charge in [0, 0.05) is 43.7 Å². The zero-order valence-electron chi connectivity index (χ0n) is 10.7. The van der Waals surface area contributed by atoms with Crippen LogP contribution >= 0.6 is 0 Å². The van der Waals surface area contributed by atoms with Gasteiger partial charge in [0.25, 0.3) is 0 Å². The molecule has 0 saturated carbocycles. The van der Waals surface area contributed by atoms with Crippen molar-refractivity contribution in [1.82, 2.24) is 4.90 Å². The van der Waals surface area contributed by atoms with Gasteiger partial charge in [0.1, 0.15) is 18.7 Å². The first kappa shape index (κ1) is 18.1. The molecule has 0 bridgehead atoms. The van der Waals surface area contributed by atoms with E-state index in [1.54, 1.807) is 19.8 Å². The van der Waals surface area contributed by atoms with Crippen molar-refractivity contribution in [2.75, 3.05) is 7.05 Å². The van der Waals surface area contributed by atoms with Crippen molar-refractivity contribution in [3.05, 3.63) is 18.3 Å². The predicted octanol–water partition coefficient (Wildman–Crippen LogP) is 0.899. The molecule has 7 heteroatoms. The molecule has 102 valence electrons. The monoisotopic (exact) mass is 488 g/mol. The Hall–Kier alpha value is -0.928. The molecule has 1 aliphatic rings. The molecule has 0 aromatic rings. The molecule has 0 aromatic carbocycles. The quantitative estimate of drug-likeness (QED) is 0.238. The van der Waals surface area contributed by atoms with Gasteiger partial charge in [0.05, 0.1) is 5.70 Å². The van der Waals surface area contributed by atoms with Crippen LogP contribution in [0.1, 0.15) is 19.3 Å². The number of rotatable bonds is 8. The number of unbranched alkanes of at least 4 members (excludes halogenated alkanes) is 2. The number of carboxylic acid groups (broad SMARTS) is 1. The number of aliphatic carboxylic acids is 1. The number of nitrogens with zero attached hydrogens (tertiary/aromatic N) is 3. The summed E-state index contributed by atoms with van der Waals surface area (Å²) in [4.78, 5) is 30.6. The summed E-state index contributed by atoms with van der Waals surface area (Å²) in [7, 11) is 1.66. The Kier molecular flexibility index (Phi) is 9.45. The standard InChI is InChI=1S/C12H16N3O3.U/c1-15(5-3-2-4-6-16)11(12(17)18)7-10-8-13-9-14-10;/h5-10H,2-4H2,1H3,(H,17,18);/q-1;/b11-7+;.